The van der Waals surface area contributed by atoms with Crippen LogP contribution in [0.2, 0.25) is 0 Å². The van der Waals surface area contributed by atoms with Gasteiger partial charge in [-0.15, -0.1) is 11.3 Å². The molecule has 0 spiro atoms. The van der Waals surface area contributed by atoms with E-state index in [1.807, 2.05) is 19.9 Å². The fourth-order valence-electron chi connectivity index (χ4n) is 2.01. The van der Waals surface area contributed by atoms with Gasteiger partial charge in [-0.2, -0.15) is 0 Å². The van der Waals surface area contributed by atoms with Gasteiger partial charge in [0.15, 0.2) is 0 Å². The smallest absolute Gasteiger partial charge is 0.261 e. The Hall–Kier alpha value is -1.36. The summed E-state index contributed by atoms with van der Waals surface area (Å²) < 4.78 is 0. The summed E-state index contributed by atoms with van der Waals surface area (Å²) in [5.41, 5.74) is 0. The monoisotopic (exact) mass is 296 g/mol. The topological polar surface area (TPSA) is 49.4 Å². The van der Waals surface area contributed by atoms with Crippen LogP contribution in [0.15, 0.2) is 12.1 Å². The standard InChI is InChI=1S/C15H24N2O2S/c1-10(2)8-11(3)17(5)14(18)9-16-15(19)13-7-6-12(4)20-13/h6-7,10-11H,8-9H2,1-5H3,(H,16,19). The summed E-state index contributed by atoms with van der Waals surface area (Å²) >= 11 is 1.43. The zero-order chi connectivity index (χ0) is 15.3. The lowest BCUT2D eigenvalue weighted by atomic mass is 10.0. The van der Waals surface area contributed by atoms with E-state index in [1.54, 1.807) is 18.0 Å². The molecule has 0 aliphatic heterocycles. The highest BCUT2D eigenvalue weighted by atomic mass is 32.1. The molecule has 1 heterocycles. The van der Waals surface area contributed by atoms with Crippen LogP contribution in [0.5, 0.6) is 0 Å². The van der Waals surface area contributed by atoms with Crippen LogP contribution in [0.3, 0.4) is 0 Å². The first kappa shape index (κ1) is 16.7. The van der Waals surface area contributed by atoms with E-state index in [0.717, 1.165) is 11.3 Å². The van der Waals surface area contributed by atoms with Crippen molar-refractivity contribution in [1.82, 2.24) is 10.2 Å². The number of hydrogen-bond donors (Lipinski definition) is 1. The maximum absolute atomic E-state index is 12.0. The zero-order valence-electron chi connectivity index (χ0n) is 12.9. The lowest BCUT2D eigenvalue weighted by Gasteiger charge is -2.26. The molecule has 4 nitrogen and oxygen atoms in total. The average molecular weight is 296 g/mol. The van der Waals surface area contributed by atoms with Gasteiger partial charge in [-0.25, -0.2) is 0 Å². The van der Waals surface area contributed by atoms with Gasteiger partial charge in [0.05, 0.1) is 11.4 Å². The van der Waals surface area contributed by atoms with E-state index in [9.17, 15) is 9.59 Å². The Kier molecular flexibility index (Phi) is 6.20. The van der Waals surface area contributed by atoms with E-state index in [-0.39, 0.29) is 24.4 Å². The molecule has 1 rings (SSSR count). The molecule has 0 saturated heterocycles. The van der Waals surface area contributed by atoms with Crippen molar-refractivity contribution < 1.29 is 9.59 Å². The number of rotatable bonds is 6. The predicted octanol–water partition coefficient (Wildman–Crippen LogP) is 2.68. The highest BCUT2D eigenvalue weighted by molar-refractivity contribution is 7.13. The second-order valence-electron chi connectivity index (χ2n) is 5.58. The van der Waals surface area contributed by atoms with Crippen LogP contribution in [0.25, 0.3) is 0 Å². The lowest BCUT2D eigenvalue weighted by molar-refractivity contribution is -0.130. The molecule has 0 aliphatic carbocycles. The fourth-order valence-corrected chi connectivity index (χ4v) is 2.79. The van der Waals surface area contributed by atoms with Crippen LogP contribution in [0.4, 0.5) is 0 Å². The van der Waals surface area contributed by atoms with E-state index >= 15 is 0 Å². The molecule has 5 heteroatoms. The molecule has 0 bridgehead atoms. The Morgan fingerprint density at radius 3 is 2.45 bits per heavy atom. The second kappa shape index (κ2) is 7.43. The molecule has 1 aromatic heterocycles. The van der Waals surface area contributed by atoms with Gasteiger partial charge in [0.1, 0.15) is 0 Å². The minimum atomic E-state index is -0.179. The molecule has 0 aliphatic rings. The quantitative estimate of drug-likeness (QED) is 0.877. The molecular formula is C15H24N2O2S. The average Bonchev–Trinajstić information content (AvgIpc) is 2.80. The number of carbonyl (C=O) groups is 2. The van der Waals surface area contributed by atoms with Crippen LogP contribution in [-0.4, -0.2) is 36.3 Å². The van der Waals surface area contributed by atoms with Crippen LogP contribution < -0.4 is 5.32 Å². The van der Waals surface area contributed by atoms with Crippen molar-refractivity contribution >= 4 is 23.2 Å². The predicted molar refractivity (Wildman–Crippen MR) is 83.1 cm³/mol. The van der Waals surface area contributed by atoms with E-state index in [4.69, 9.17) is 0 Å². The van der Waals surface area contributed by atoms with Gasteiger partial charge in [-0.3, -0.25) is 9.59 Å². The first-order chi connectivity index (χ1) is 9.31. The third kappa shape index (κ3) is 4.96. The van der Waals surface area contributed by atoms with Crippen molar-refractivity contribution in [3.05, 3.63) is 21.9 Å². The highest BCUT2D eigenvalue weighted by Crippen LogP contribution is 2.14. The molecule has 1 unspecified atom stereocenters. The van der Waals surface area contributed by atoms with Crippen molar-refractivity contribution in [3.63, 3.8) is 0 Å². The Morgan fingerprint density at radius 1 is 1.30 bits per heavy atom. The number of hydrogen-bond acceptors (Lipinski definition) is 3. The molecule has 0 fully saturated rings. The molecule has 2 amide bonds. The van der Waals surface area contributed by atoms with Gasteiger partial charge in [-0.1, -0.05) is 13.8 Å². The number of nitrogens with zero attached hydrogens (tertiary/aromatic N) is 1. The van der Waals surface area contributed by atoms with E-state index in [1.165, 1.54) is 11.3 Å². The maximum Gasteiger partial charge on any atom is 0.261 e. The molecule has 1 aromatic rings. The maximum atomic E-state index is 12.0. The molecular weight excluding hydrogens is 272 g/mol. The minimum Gasteiger partial charge on any atom is -0.342 e. The second-order valence-corrected chi connectivity index (χ2v) is 6.86. The van der Waals surface area contributed by atoms with Crippen LogP contribution in [-0.2, 0) is 4.79 Å². The first-order valence-corrected chi connectivity index (χ1v) is 7.73. The third-order valence-corrected chi connectivity index (χ3v) is 4.23. The number of carbonyl (C=O) groups excluding carboxylic acids is 2. The molecule has 112 valence electrons. The minimum absolute atomic E-state index is 0.0503. The Morgan fingerprint density at radius 2 is 1.95 bits per heavy atom. The van der Waals surface area contributed by atoms with Crippen molar-refractivity contribution in [3.8, 4) is 0 Å². The number of amides is 2. The number of likely N-dealkylation sites (N-methyl/N-ethyl adjacent to an activating group) is 1. The van der Waals surface area contributed by atoms with Crippen molar-refractivity contribution in [2.75, 3.05) is 13.6 Å². The van der Waals surface area contributed by atoms with Gasteiger partial charge in [0, 0.05) is 18.0 Å². The van der Waals surface area contributed by atoms with Gasteiger partial charge in [-0.05, 0) is 38.3 Å². The summed E-state index contributed by atoms with van der Waals surface area (Å²) in [5, 5.41) is 2.68. The van der Waals surface area contributed by atoms with Gasteiger partial charge >= 0.3 is 0 Å². The summed E-state index contributed by atoms with van der Waals surface area (Å²) in [7, 11) is 1.79. The van der Waals surface area contributed by atoms with E-state index < -0.39 is 0 Å². The normalized spacial score (nSPS) is 12.3. The van der Waals surface area contributed by atoms with Crippen LogP contribution >= 0.6 is 11.3 Å². The van der Waals surface area contributed by atoms with E-state index in [2.05, 4.69) is 19.2 Å². The number of nitrogens with one attached hydrogen (secondary N) is 1. The Bertz CT molecular complexity index is 468. The van der Waals surface area contributed by atoms with Crippen molar-refractivity contribution in [1.29, 1.82) is 0 Å². The molecule has 0 radical (unpaired) electrons. The van der Waals surface area contributed by atoms with Crippen molar-refractivity contribution in [2.24, 2.45) is 5.92 Å². The van der Waals surface area contributed by atoms with Gasteiger partial charge in [0.2, 0.25) is 5.91 Å². The molecule has 0 saturated carbocycles. The number of thiophene rings is 1. The molecule has 1 N–H and O–H groups in total. The number of aryl methyl sites for hydroxylation is 1. The molecule has 1 atom stereocenters. The van der Waals surface area contributed by atoms with E-state index in [0.29, 0.717) is 10.8 Å². The molecule has 20 heavy (non-hydrogen) atoms. The summed E-state index contributed by atoms with van der Waals surface area (Å²) in [6.45, 7) is 8.30. The zero-order valence-corrected chi connectivity index (χ0v) is 13.7. The molecule has 0 aromatic carbocycles. The summed E-state index contributed by atoms with van der Waals surface area (Å²) in [6, 6.07) is 3.87. The first-order valence-electron chi connectivity index (χ1n) is 6.91. The third-order valence-electron chi connectivity index (χ3n) is 3.23. The van der Waals surface area contributed by atoms with Gasteiger partial charge < -0.3 is 10.2 Å². The summed E-state index contributed by atoms with van der Waals surface area (Å²) in [5.74, 6) is 0.310. The van der Waals surface area contributed by atoms with Crippen molar-refractivity contribution in [2.45, 2.75) is 40.2 Å². The van der Waals surface area contributed by atoms with Crippen LogP contribution in [0, 0.1) is 12.8 Å². The lowest BCUT2D eigenvalue weighted by Crippen LogP contribution is -2.42. The van der Waals surface area contributed by atoms with Gasteiger partial charge in [0.25, 0.3) is 5.91 Å². The summed E-state index contributed by atoms with van der Waals surface area (Å²) in [6.07, 6.45) is 0.959. The van der Waals surface area contributed by atoms with Crippen LogP contribution in [0.1, 0.15) is 41.7 Å². The SMILES string of the molecule is Cc1ccc(C(=O)NCC(=O)N(C)C(C)CC(C)C)s1. The Labute approximate surface area is 125 Å². The Balaban J connectivity index is 2.44. The fraction of sp³-hybridized carbons (Fsp3) is 0.600. The largest absolute Gasteiger partial charge is 0.342 e. The summed E-state index contributed by atoms with van der Waals surface area (Å²) in [4.78, 5) is 27.3. The highest BCUT2D eigenvalue weighted by Gasteiger charge is 2.17.